The molecule has 0 saturated heterocycles. The maximum Gasteiger partial charge on any atom is 0.138 e. The van der Waals surface area contributed by atoms with Crippen molar-refractivity contribution in [3.63, 3.8) is 0 Å². The van der Waals surface area contributed by atoms with Gasteiger partial charge in [-0.15, -0.1) is 0 Å². The number of nitrogens with zero attached hydrogens (tertiary/aromatic N) is 1. The maximum absolute atomic E-state index is 10.0. The zero-order valence-electron chi connectivity index (χ0n) is 14.0. The van der Waals surface area contributed by atoms with Gasteiger partial charge in [-0.2, -0.15) is 0 Å². The average Bonchev–Trinajstić information content (AvgIpc) is 2.46. The fraction of sp³-hybridized carbons (Fsp3) is 0.278. The van der Waals surface area contributed by atoms with Gasteiger partial charge >= 0.3 is 0 Å². The number of hydrogen-bond acceptors (Lipinski definition) is 3. The fourth-order valence-corrected chi connectivity index (χ4v) is 2.32. The van der Waals surface area contributed by atoms with Crippen LogP contribution in [0.2, 0.25) is 10.0 Å². The summed E-state index contributed by atoms with van der Waals surface area (Å²) < 4.78 is 5.79. The summed E-state index contributed by atoms with van der Waals surface area (Å²) in [5, 5.41) is 10.8. The molecule has 0 N–H and O–H groups in total. The molecule has 0 radical (unpaired) electrons. The highest BCUT2D eigenvalue weighted by atomic mass is 35.5. The molecule has 2 aromatic carbocycles. The summed E-state index contributed by atoms with van der Waals surface area (Å²) in [7, 11) is 6.60. The van der Waals surface area contributed by atoms with Crippen LogP contribution >= 0.6 is 23.2 Å². The topological polar surface area (TPSA) is 49.4 Å². The highest BCUT2D eigenvalue weighted by molar-refractivity contribution is 6.35. The van der Waals surface area contributed by atoms with Crippen molar-refractivity contribution < 1.29 is 19.1 Å². The summed E-state index contributed by atoms with van der Waals surface area (Å²) in [5.74, 6) is -1.03. The van der Waals surface area contributed by atoms with Gasteiger partial charge in [-0.1, -0.05) is 53.5 Å². The number of ether oxygens (including phenoxy) is 1. The molecule has 4 nitrogen and oxygen atoms in total. The van der Waals surface area contributed by atoms with Gasteiger partial charge in [0.15, 0.2) is 0 Å². The van der Waals surface area contributed by atoms with Crippen molar-refractivity contribution in [1.29, 1.82) is 0 Å². The molecule has 6 heteroatoms. The smallest absolute Gasteiger partial charge is 0.138 e. The van der Waals surface area contributed by atoms with E-state index in [1.807, 2.05) is 0 Å². The first-order valence-electron chi connectivity index (χ1n) is 7.29. The van der Waals surface area contributed by atoms with Crippen molar-refractivity contribution in [2.24, 2.45) is 0 Å². The number of halogens is 2. The van der Waals surface area contributed by atoms with Gasteiger partial charge in [0.05, 0.1) is 32.1 Å². The highest BCUT2D eigenvalue weighted by Gasteiger charge is 2.06. The van der Waals surface area contributed by atoms with Gasteiger partial charge < -0.3 is 19.1 Å². The Morgan fingerprint density at radius 3 is 2.21 bits per heavy atom. The average molecular weight is 370 g/mol. The van der Waals surface area contributed by atoms with Gasteiger partial charge in [-0.05, 0) is 18.2 Å². The number of hydrogen-bond donors (Lipinski definition) is 0. The zero-order chi connectivity index (χ0) is 18.2. The van der Waals surface area contributed by atoms with E-state index in [0.717, 1.165) is 11.0 Å². The maximum atomic E-state index is 10.0. The van der Waals surface area contributed by atoms with E-state index in [9.17, 15) is 9.90 Å². The summed E-state index contributed by atoms with van der Waals surface area (Å²) in [5.41, 5.74) is 1.40. The van der Waals surface area contributed by atoms with Gasteiger partial charge in [0.1, 0.15) is 18.9 Å². The van der Waals surface area contributed by atoms with E-state index >= 15 is 0 Å². The number of rotatable bonds is 5. The minimum Gasteiger partial charge on any atom is -0.546 e. The van der Waals surface area contributed by atoms with Crippen LogP contribution in [0.5, 0.6) is 5.75 Å². The Labute approximate surface area is 152 Å². The largest absolute Gasteiger partial charge is 0.546 e. The van der Waals surface area contributed by atoms with Gasteiger partial charge in [-0.25, -0.2) is 0 Å². The number of aliphatic carboxylic acids is 1. The molecular formula is C18H21Cl2NO3. The van der Waals surface area contributed by atoms with Crippen LogP contribution in [0.4, 0.5) is 0 Å². The molecule has 0 saturated carbocycles. The third-order valence-electron chi connectivity index (χ3n) is 2.74. The van der Waals surface area contributed by atoms with E-state index in [4.69, 9.17) is 27.9 Å². The number of carbonyl (C=O) groups excluding carboxylic acids is 1. The number of carboxylic acids is 1. The lowest BCUT2D eigenvalue weighted by atomic mass is 10.2. The van der Waals surface area contributed by atoms with Crippen molar-refractivity contribution in [2.75, 3.05) is 27.7 Å². The van der Waals surface area contributed by atoms with Crippen molar-refractivity contribution in [1.82, 2.24) is 0 Å². The molecule has 0 spiro atoms. The lowest BCUT2D eigenvalue weighted by Crippen LogP contribution is -2.33. The third-order valence-corrected chi connectivity index (χ3v) is 3.27. The number of carbonyl (C=O) groups is 1. The predicted molar refractivity (Wildman–Crippen MR) is 95.1 cm³/mol. The van der Waals surface area contributed by atoms with Crippen LogP contribution in [-0.2, 0) is 11.3 Å². The number of benzene rings is 2. The normalized spacial score (nSPS) is 10.5. The van der Waals surface area contributed by atoms with E-state index in [0.29, 0.717) is 5.02 Å². The Balaban J connectivity index is 0.000000243. The van der Waals surface area contributed by atoms with Crippen LogP contribution in [0.3, 0.4) is 0 Å². The Kier molecular flexibility index (Phi) is 8.05. The minimum atomic E-state index is -1.30. The van der Waals surface area contributed by atoms with Crippen LogP contribution in [-0.4, -0.2) is 38.2 Å². The summed E-state index contributed by atoms with van der Waals surface area (Å²) >= 11 is 11.3. The Hall–Kier alpha value is -1.75. The van der Waals surface area contributed by atoms with E-state index in [1.165, 1.54) is 17.7 Å². The van der Waals surface area contributed by atoms with Crippen molar-refractivity contribution in [3.05, 3.63) is 64.1 Å². The number of carboxylic acid groups (broad SMARTS) is 1. The molecule has 0 aliphatic rings. The molecule has 0 fully saturated rings. The van der Waals surface area contributed by atoms with Crippen molar-refractivity contribution in [3.8, 4) is 5.75 Å². The molecule has 2 rings (SSSR count). The molecule has 130 valence electrons. The third kappa shape index (κ3) is 8.77. The van der Waals surface area contributed by atoms with Crippen LogP contribution in [0.15, 0.2) is 48.5 Å². The summed E-state index contributed by atoms with van der Waals surface area (Å²) in [6.45, 7) is 0.572. The van der Waals surface area contributed by atoms with E-state index in [2.05, 4.69) is 51.5 Å². The zero-order valence-corrected chi connectivity index (χ0v) is 15.5. The molecule has 0 atom stereocenters. The lowest BCUT2D eigenvalue weighted by molar-refractivity contribution is -0.884. The monoisotopic (exact) mass is 369 g/mol. The van der Waals surface area contributed by atoms with Crippen molar-refractivity contribution >= 4 is 29.2 Å². The van der Waals surface area contributed by atoms with E-state index in [1.54, 1.807) is 6.07 Å². The van der Waals surface area contributed by atoms with Crippen LogP contribution in [0.1, 0.15) is 5.56 Å². The summed E-state index contributed by atoms with van der Waals surface area (Å²) in [4.78, 5) is 10.0. The first kappa shape index (κ1) is 20.3. The van der Waals surface area contributed by atoms with Crippen LogP contribution in [0.25, 0.3) is 0 Å². The SMILES string of the molecule is C[N+](C)(C)Cc1ccccc1.O=C([O-])COc1ccc(Cl)cc1Cl. The highest BCUT2D eigenvalue weighted by Crippen LogP contribution is 2.27. The van der Waals surface area contributed by atoms with Crippen LogP contribution < -0.4 is 9.84 Å². The van der Waals surface area contributed by atoms with E-state index in [-0.39, 0.29) is 10.8 Å². The standard InChI is InChI=1S/C10H16N.C8H6Cl2O3/c1-11(2,3)9-10-7-5-4-6-8-10;9-5-1-2-7(6(10)3-5)13-4-8(11)12/h4-8H,9H2,1-3H3;1-3H,4H2,(H,11,12)/q+1;/p-1. The Bertz CT molecular complexity index is 655. The Morgan fingerprint density at radius 1 is 1.08 bits per heavy atom. The first-order chi connectivity index (χ1) is 11.2. The lowest BCUT2D eigenvalue weighted by Gasteiger charge is -2.23. The molecule has 0 aromatic heterocycles. The molecule has 2 aromatic rings. The molecule has 0 bridgehead atoms. The molecule has 0 aliphatic carbocycles. The fourth-order valence-electron chi connectivity index (χ4n) is 1.86. The van der Waals surface area contributed by atoms with Gasteiger partial charge in [0, 0.05) is 10.6 Å². The Morgan fingerprint density at radius 2 is 1.71 bits per heavy atom. The van der Waals surface area contributed by atoms with Crippen LogP contribution in [0, 0.1) is 0 Å². The molecule has 0 aliphatic heterocycles. The quantitative estimate of drug-likeness (QED) is 0.761. The molecular weight excluding hydrogens is 349 g/mol. The first-order valence-corrected chi connectivity index (χ1v) is 8.05. The minimum absolute atomic E-state index is 0.272. The van der Waals surface area contributed by atoms with Gasteiger partial charge in [0.2, 0.25) is 0 Å². The molecule has 0 amide bonds. The molecule has 0 heterocycles. The second-order valence-electron chi connectivity index (χ2n) is 6.17. The van der Waals surface area contributed by atoms with Gasteiger partial charge in [0.25, 0.3) is 0 Å². The second kappa shape index (κ2) is 9.52. The number of quaternary nitrogens is 1. The van der Waals surface area contributed by atoms with Gasteiger partial charge in [-0.3, -0.25) is 0 Å². The van der Waals surface area contributed by atoms with Crippen molar-refractivity contribution in [2.45, 2.75) is 6.54 Å². The second-order valence-corrected chi connectivity index (χ2v) is 7.01. The summed E-state index contributed by atoms with van der Waals surface area (Å²) in [6, 6.07) is 15.1. The van der Waals surface area contributed by atoms with E-state index < -0.39 is 12.6 Å². The predicted octanol–water partition coefficient (Wildman–Crippen LogP) is 3.01. The molecule has 24 heavy (non-hydrogen) atoms. The summed E-state index contributed by atoms with van der Waals surface area (Å²) in [6.07, 6.45) is 0. The molecule has 0 unspecified atom stereocenters.